The number of nitrogens with one attached hydrogen (secondary N) is 1. The van der Waals surface area contributed by atoms with Crippen LogP contribution >= 0.6 is 0 Å². The fourth-order valence-electron chi connectivity index (χ4n) is 2.56. The monoisotopic (exact) mass is 374 g/mol. The zero-order chi connectivity index (χ0) is 19.6. The van der Waals surface area contributed by atoms with Crippen LogP contribution in [0.5, 0.6) is 5.75 Å². The van der Waals surface area contributed by atoms with E-state index in [0.29, 0.717) is 18.7 Å². The summed E-state index contributed by atoms with van der Waals surface area (Å²) in [5.41, 5.74) is 6.03. The molecule has 0 radical (unpaired) electrons. The Labute approximate surface area is 164 Å². The molecule has 28 heavy (non-hydrogen) atoms. The van der Waals surface area contributed by atoms with E-state index in [1.165, 1.54) is 7.11 Å². The van der Waals surface area contributed by atoms with Gasteiger partial charge in [0.25, 0.3) is 0 Å². The topological polar surface area (TPSA) is 59.9 Å². The summed E-state index contributed by atoms with van der Waals surface area (Å²) >= 11 is 0. The second-order valence-corrected chi connectivity index (χ2v) is 6.12. The van der Waals surface area contributed by atoms with E-state index in [1.54, 1.807) is 0 Å². The number of esters is 1. The summed E-state index contributed by atoms with van der Waals surface area (Å²) in [4.78, 5) is 12.0. The van der Waals surface area contributed by atoms with Gasteiger partial charge in [0.1, 0.15) is 18.1 Å². The minimum atomic E-state index is -0.465. The molecule has 0 aliphatic heterocycles. The zero-order valence-electron chi connectivity index (χ0n) is 15.7. The molecule has 3 rings (SSSR count). The van der Waals surface area contributed by atoms with Gasteiger partial charge >= 0.3 is 5.97 Å². The summed E-state index contributed by atoms with van der Waals surface area (Å²) in [5, 5.41) is 4.22. The molecule has 142 valence electrons. The van der Waals surface area contributed by atoms with Crippen LogP contribution in [0.2, 0.25) is 0 Å². The first-order chi connectivity index (χ1) is 13.7. The van der Waals surface area contributed by atoms with Crippen molar-refractivity contribution >= 4 is 17.4 Å². The van der Waals surface area contributed by atoms with E-state index in [2.05, 4.69) is 10.5 Å². The van der Waals surface area contributed by atoms with Gasteiger partial charge in [-0.15, -0.1) is 0 Å². The van der Waals surface area contributed by atoms with Crippen molar-refractivity contribution in [1.82, 2.24) is 0 Å². The van der Waals surface area contributed by atoms with Gasteiger partial charge in [-0.25, -0.2) is 4.79 Å². The van der Waals surface area contributed by atoms with Crippen LogP contribution in [0.3, 0.4) is 0 Å². The molecule has 0 saturated carbocycles. The van der Waals surface area contributed by atoms with Crippen molar-refractivity contribution in [2.45, 2.75) is 13.0 Å². The average Bonchev–Trinajstić information content (AvgIpc) is 2.77. The zero-order valence-corrected chi connectivity index (χ0v) is 15.7. The quantitative estimate of drug-likeness (QED) is 0.359. The molecule has 3 aromatic rings. The standard InChI is InChI=1S/C23H22N2O3/c1-27-23(26)22(25-24-20-10-6-3-7-11-20)16-18-12-14-21(15-13-18)28-17-19-8-4-2-5-9-19/h2-15,24H,16-17H2,1H3/b25-22+. The smallest absolute Gasteiger partial charge is 0.354 e. The number of carbonyl (C=O) groups excluding carboxylic acids is 1. The van der Waals surface area contributed by atoms with Crippen LogP contribution in [0.4, 0.5) is 5.69 Å². The molecule has 5 heteroatoms. The van der Waals surface area contributed by atoms with E-state index in [4.69, 9.17) is 9.47 Å². The first-order valence-corrected chi connectivity index (χ1v) is 8.96. The highest BCUT2D eigenvalue weighted by molar-refractivity contribution is 6.37. The molecule has 0 atom stereocenters. The Morgan fingerprint density at radius 3 is 2.14 bits per heavy atom. The highest BCUT2D eigenvalue weighted by Gasteiger charge is 2.13. The van der Waals surface area contributed by atoms with Gasteiger partial charge in [-0.1, -0.05) is 60.7 Å². The summed E-state index contributed by atoms with van der Waals surface area (Å²) in [5.74, 6) is 0.305. The number of hydrazone groups is 1. The lowest BCUT2D eigenvalue weighted by molar-refractivity contribution is -0.132. The first-order valence-electron chi connectivity index (χ1n) is 8.96. The van der Waals surface area contributed by atoms with Gasteiger partial charge in [-0.2, -0.15) is 5.10 Å². The molecule has 0 fully saturated rings. The lowest BCUT2D eigenvalue weighted by Gasteiger charge is -2.09. The second-order valence-electron chi connectivity index (χ2n) is 6.12. The summed E-state index contributed by atoms with van der Waals surface area (Å²) in [6.07, 6.45) is 0.353. The van der Waals surface area contributed by atoms with Crippen molar-refractivity contribution in [3.05, 3.63) is 96.1 Å². The molecule has 0 heterocycles. The van der Waals surface area contributed by atoms with Crippen LogP contribution in [0.1, 0.15) is 11.1 Å². The van der Waals surface area contributed by atoms with Gasteiger partial charge in [0.15, 0.2) is 0 Å². The lowest BCUT2D eigenvalue weighted by Crippen LogP contribution is -2.20. The van der Waals surface area contributed by atoms with Crippen LogP contribution < -0.4 is 10.2 Å². The summed E-state index contributed by atoms with van der Waals surface area (Å²) in [6, 6.07) is 27.0. The molecule has 0 unspecified atom stereocenters. The minimum Gasteiger partial charge on any atom is -0.489 e. The van der Waals surface area contributed by atoms with Gasteiger partial charge in [0, 0.05) is 6.42 Å². The Kier molecular flexibility index (Phi) is 6.79. The van der Waals surface area contributed by atoms with E-state index in [1.807, 2.05) is 84.9 Å². The maximum absolute atomic E-state index is 12.0. The van der Waals surface area contributed by atoms with E-state index < -0.39 is 5.97 Å². The largest absolute Gasteiger partial charge is 0.489 e. The van der Waals surface area contributed by atoms with E-state index >= 15 is 0 Å². The molecule has 3 aromatic carbocycles. The molecule has 0 saturated heterocycles. The molecule has 0 aliphatic carbocycles. The Morgan fingerprint density at radius 2 is 1.50 bits per heavy atom. The molecule has 5 nitrogen and oxygen atoms in total. The molecule has 0 spiro atoms. The number of carbonyl (C=O) groups is 1. The van der Waals surface area contributed by atoms with E-state index in [9.17, 15) is 4.79 Å². The third-order valence-electron chi connectivity index (χ3n) is 4.06. The Hall–Kier alpha value is -3.60. The number of ether oxygens (including phenoxy) is 2. The van der Waals surface area contributed by atoms with E-state index in [0.717, 1.165) is 22.6 Å². The second kappa shape index (κ2) is 9.92. The van der Waals surface area contributed by atoms with Crippen molar-refractivity contribution in [2.24, 2.45) is 5.10 Å². The fourth-order valence-corrected chi connectivity index (χ4v) is 2.56. The third kappa shape index (κ3) is 5.71. The van der Waals surface area contributed by atoms with Gasteiger partial charge in [0.2, 0.25) is 0 Å². The lowest BCUT2D eigenvalue weighted by atomic mass is 10.1. The Bertz CT molecular complexity index is 908. The minimum absolute atomic E-state index is 0.296. The van der Waals surface area contributed by atoms with Gasteiger partial charge < -0.3 is 9.47 Å². The normalized spacial score (nSPS) is 11.0. The van der Waals surface area contributed by atoms with Gasteiger partial charge in [0.05, 0.1) is 12.8 Å². The fraction of sp³-hybridized carbons (Fsp3) is 0.130. The van der Waals surface area contributed by atoms with Crippen molar-refractivity contribution in [3.8, 4) is 5.75 Å². The Balaban J connectivity index is 1.63. The summed E-state index contributed by atoms with van der Waals surface area (Å²) < 4.78 is 10.6. The molecule has 1 N–H and O–H groups in total. The maximum atomic E-state index is 12.0. The molecule has 0 aliphatic rings. The number of hydrogen-bond donors (Lipinski definition) is 1. The predicted octanol–water partition coefficient (Wildman–Crippen LogP) is 4.45. The molecule has 0 bridgehead atoms. The number of para-hydroxylation sites is 1. The van der Waals surface area contributed by atoms with Crippen molar-refractivity contribution in [1.29, 1.82) is 0 Å². The number of rotatable bonds is 8. The maximum Gasteiger partial charge on any atom is 0.354 e. The first kappa shape index (κ1) is 19.2. The van der Waals surface area contributed by atoms with Crippen LogP contribution in [0.15, 0.2) is 90.0 Å². The highest BCUT2D eigenvalue weighted by atomic mass is 16.5. The number of anilines is 1. The van der Waals surface area contributed by atoms with Crippen LogP contribution in [-0.4, -0.2) is 18.8 Å². The Morgan fingerprint density at radius 1 is 0.857 bits per heavy atom. The number of methoxy groups -OCH3 is 1. The van der Waals surface area contributed by atoms with Gasteiger partial charge in [-0.05, 0) is 35.4 Å². The van der Waals surface area contributed by atoms with Crippen LogP contribution in [0, 0.1) is 0 Å². The van der Waals surface area contributed by atoms with Crippen LogP contribution in [-0.2, 0) is 22.6 Å². The highest BCUT2D eigenvalue weighted by Crippen LogP contribution is 2.15. The molecular weight excluding hydrogens is 352 g/mol. The van der Waals surface area contributed by atoms with Crippen LogP contribution in [0.25, 0.3) is 0 Å². The number of hydrogen-bond acceptors (Lipinski definition) is 5. The summed E-state index contributed by atoms with van der Waals surface area (Å²) in [7, 11) is 1.35. The van der Waals surface area contributed by atoms with Crippen molar-refractivity contribution < 1.29 is 14.3 Å². The molecular formula is C23H22N2O3. The SMILES string of the molecule is COC(=O)/C(Cc1ccc(OCc2ccccc2)cc1)=N/Nc1ccccc1. The number of benzene rings is 3. The predicted molar refractivity (Wildman–Crippen MR) is 110 cm³/mol. The molecule has 0 amide bonds. The summed E-state index contributed by atoms with van der Waals surface area (Å²) in [6.45, 7) is 0.510. The molecule has 0 aromatic heterocycles. The van der Waals surface area contributed by atoms with Gasteiger partial charge in [-0.3, -0.25) is 5.43 Å². The van der Waals surface area contributed by atoms with Crippen molar-refractivity contribution in [3.63, 3.8) is 0 Å². The number of nitrogens with zero attached hydrogens (tertiary/aromatic N) is 1. The average molecular weight is 374 g/mol. The third-order valence-corrected chi connectivity index (χ3v) is 4.06. The van der Waals surface area contributed by atoms with Crippen molar-refractivity contribution in [2.75, 3.05) is 12.5 Å². The van der Waals surface area contributed by atoms with E-state index in [-0.39, 0.29) is 0 Å².